The lowest BCUT2D eigenvalue weighted by Crippen LogP contribution is -2.08. The van der Waals surface area contributed by atoms with Crippen LogP contribution in [-0.4, -0.2) is 0 Å². The van der Waals surface area contributed by atoms with Crippen LogP contribution in [0.4, 0.5) is 0 Å². The third kappa shape index (κ3) is 2.47. The van der Waals surface area contributed by atoms with Gasteiger partial charge in [0.05, 0.1) is 11.6 Å². The van der Waals surface area contributed by atoms with Gasteiger partial charge in [0, 0.05) is 5.56 Å². The number of allylic oxidation sites excluding steroid dienone is 2. The molecule has 0 fully saturated rings. The first-order chi connectivity index (χ1) is 8.08. The quantitative estimate of drug-likeness (QED) is 0.735. The van der Waals surface area contributed by atoms with Gasteiger partial charge >= 0.3 is 0 Å². The fourth-order valence-electron chi connectivity index (χ4n) is 1.74. The van der Waals surface area contributed by atoms with Gasteiger partial charge in [-0.25, -0.2) is 0 Å². The van der Waals surface area contributed by atoms with Gasteiger partial charge in [0.25, 0.3) is 0 Å². The lowest BCUT2D eigenvalue weighted by Gasteiger charge is -2.01. The fourth-order valence-corrected chi connectivity index (χ4v) is 1.74. The van der Waals surface area contributed by atoms with Gasteiger partial charge in [0.15, 0.2) is 5.43 Å². The minimum Gasteiger partial charge on any atom is -0.464 e. The van der Waals surface area contributed by atoms with E-state index in [4.69, 9.17) is 4.42 Å². The highest BCUT2D eigenvalue weighted by molar-refractivity contribution is 5.77. The number of hydrogen-bond donors (Lipinski definition) is 0. The topological polar surface area (TPSA) is 30.2 Å². The molecule has 1 heterocycles. The van der Waals surface area contributed by atoms with Gasteiger partial charge in [-0.05, 0) is 39.3 Å². The van der Waals surface area contributed by atoms with Gasteiger partial charge in [0.2, 0.25) is 0 Å². The zero-order chi connectivity index (χ0) is 12.4. The molecule has 0 aliphatic heterocycles. The van der Waals surface area contributed by atoms with E-state index in [2.05, 4.69) is 0 Å². The molecule has 1 aromatic carbocycles. The maximum absolute atomic E-state index is 12.2. The number of aryl methyl sites for hydroxylation is 1. The fraction of sp³-hybridized carbons (Fsp3) is 0.267. The van der Waals surface area contributed by atoms with Gasteiger partial charge < -0.3 is 4.42 Å². The molecular weight excluding hydrogens is 212 g/mol. The second-order valence-electron chi connectivity index (χ2n) is 4.58. The predicted molar refractivity (Wildman–Crippen MR) is 70.4 cm³/mol. The molecular formula is C15H16O2. The molecule has 0 N–H and O–H groups in total. The molecule has 0 atom stereocenters. The lowest BCUT2D eigenvalue weighted by atomic mass is 10.1. The summed E-state index contributed by atoms with van der Waals surface area (Å²) in [5.41, 5.74) is 3.72. The zero-order valence-electron chi connectivity index (χ0n) is 10.4. The van der Waals surface area contributed by atoms with Crippen molar-refractivity contribution in [1.82, 2.24) is 0 Å². The van der Waals surface area contributed by atoms with Crippen molar-refractivity contribution in [3.8, 4) is 0 Å². The highest BCUT2D eigenvalue weighted by atomic mass is 16.3. The molecule has 0 unspecified atom stereocenters. The maximum Gasteiger partial charge on any atom is 0.196 e. The SMILES string of the molecule is CC(C)=CCc1coc2ccc(C)cc2c1=O. The van der Waals surface area contributed by atoms with Gasteiger partial charge in [0.1, 0.15) is 5.58 Å². The molecule has 0 aliphatic rings. The molecule has 2 nitrogen and oxygen atoms in total. The number of hydrogen-bond acceptors (Lipinski definition) is 2. The van der Waals surface area contributed by atoms with Crippen LogP contribution in [0.3, 0.4) is 0 Å². The Morgan fingerprint density at radius 3 is 2.82 bits per heavy atom. The lowest BCUT2D eigenvalue weighted by molar-refractivity contribution is 0.595. The molecule has 0 amide bonds. The summed E-state index contributed by atoms with van der Waals surface area (Å²) >= 11 is 0. The van der Waals surface area contributed by atoms with Crippen molar-refractivity contribution >= 4 is 11.0 Å². The second kappa shape index (κ2) is 4.58. The molecule has 88 valence electrons. The summed E-state index contributed by atoms with van der Waals surface area (Å²) in [5.74, 6) is 0. The Morgan fingerprint density at radius 2 is 2.12 bits per heavy atom. The van der Waals surface area contributed by atoms with Crippen LogP contribution >= 0.6 is 0 Å². The number of rotatable bonds is 2. The van der Waals surface area contributed by atoms with E-state index in [0.29, 0.717) is 23.0 Å². The third-order valence-corrected chi connectivity index (χ3v) is 2.73. The Kier molecular flexibility index (Phi) is 3.14. The van der Waals surface area contributed by atoms with E-state index in [1.807, 2.05) is 45.0 Å². The summed E-state index contributed by atoms with van der Waals surface area (Å²) in [7, 11) is 0. The van der Waals surface area contributed by atoms with Crippen LogP contribution in [0.15, 0.2) is 45.3 Å². The van der Waals surface area contributed by atoms with Crippen LogP contribution in [0, 0.1) is 6.92 Å². The van der Waals surface area contributed by atoms with E-state index in [-0.39, 0.29) is 5.43 Å². The van der Waals surface area contributed by atoms with Crippen LogP contribution in [0.2, 0.25) is 0 Å². The maximum atomic E-state index is 12.2. The van der Waals surface area contributed by atoms with Crippen molar-refractivity contribution in [2.45, 2.75) is 27.2 Å². The van der Waals surface area contributed by atoms with E-state index in [1.54, 1.807) is 6.26 Å². The van der Waals surface area contributed by atoms with Crippen molar-refractivity contribution in [3.05, 3.63) is 57.5 Å². The Labute approximate surface area is 101 Å². The van der Waals surface area contributed by atoms with Crippen LogP contribution < -0.4 is 5.43 Å². The van der Waals surface area contributed by atoms with E-state index in [1.165, 1.54) is 5.57 Å². The molecule has 0 spiro atoms. The minimum atomic E-state index is 0.0763. The van der Waals surface area contributed by atoms with Gasteiger partial charge in [-0.1, -0.05) is 23.3 Å². The first-order valence-corrected chi connectivity index (χ1v) is 5.72. The van der Waals surface area contributed by atoms with Crippen LogP contribution in [0.5, 0.6) is 0 Å². The number of benzene rings is 1. The molecule has 0 saturated heterocycles. The van der Waals surface area contributed by atoms with Crippen LogP contribution in [-0.2, 0) is 6.42 Å². The average molecular weight is 228 g/mol. The second-order valence-corrected chi connectivity index (χ2v) is 4.58. The van der Waals surface area contributed by atoms with E-state index < -0.39 is 0 Å². The van der Waals surface area contributed by atoms with Crippen LogP contribution in [0.25, 0.3) is 11.0 Å². The molecule has 0 aliphatic carbocycles. The Balaban J connectivity index is 2.57. The number of fused-ring (bicyclic) bond motifs is 1. The van der Waals surface area contributed by atoms with E-state index >= 15 is 0 Å². The summed E-state index contributed by atoms with van der Waals surface area (Å²) in [6, 6.07) is 5.67. The Morgan fingerprint density at radius 1 is 1.35 bits per heavy atom. The molecule has 17 heavy (non-hydrogen) atoms. The summed E-state index contributed by atoms with van der Waals surface area (Å²) in [4.78, 5) is 12.2. The summed E-state index contributed by atoms with van der Waals surface area (Å²) < 4.78 is 5.48. The van der Waals surface area contributed by atoms with Gasteiger partial charge in [-0.15, -0.1) is 0 Å². The first kappa shape index (κ1) is 11.6. The van der Waals surface area contributed by atoms with Crippen molar-refractivity contribution in [2.24, 2.45) is 0 Å². The first-order valence-electron chi connectivity index (χ1n) is 5.72. The van der Waals surface area contributed by atoms with Crippen molar-refractivity contribution < 1.29 is 4.42 Å². The highest BCUT2D eigenvalue weighted by Gasteiger charge is 2.05. The van der Waals surface area contributed by atoms with E-state index in [0.717, 1.165) is 5.56 Å². The standard InChI is InChI=1S/C15H16O2/c1-10(2)4-6-12-9-17-14-7-5-11(3)8-13(14)15(12)16/h4-5,7-9H,6H2,1-3H3. The monoisotopic (exact) mass is 228 g/mol. The molecule has 0 bridgehead atoms. The van der Waals surface area contributed by atoms with Crippen LogP contribution in [0.1, 0.15) is 25.0 Å². The minimum absolute atomic E-state index is 0.0763. The molecule has 0 radical (unpaired) electrons. The molecule has 2 rings (SSSR count). The van der Waals surface area contributed by atoms with E-state index in [9.17, 15) is 4.79 Å². The predicted octanol–water partition coefficient (Wildman–Crippen LogP) is 3.61. The molecule has 0 saturated carbocycles. The highest BCUT2D eigenvalue weighted by Crippen LogP contribution is 2.13. The van der Waals surface area contributed by atoms with Crippen molar-refractivity contribution in [2.75, 3.05) is 0 Å². The average Bonchev–Trinajstić information content (AvgIpc) is 2.29. The Hall–Kier alpha value is -1.83. The summed E-state index contributed by atoms with van der Waals surface area (Å²) in [5, 5.41) is 0.671. The molecule has 2 heteroatoms. The third-order valence-electron chi connectivity index (χ3n) is 2.73. The van der Waals surface area contributed by atoms with Gasteiger partial charge in [-0.3, -0.25) is 4.79 Å². The zero-order valence-corrected chi connectivity index (χ0v) is 10.4. The Bertz CT molecular complexity index is 629. The van der Waals surface area contributed by atoms with Crippen molar-refractivity contribution in [3.63, 3.8) is 0 Å². The van der Waals surface area contributed by atoms with Crippen molar-refractivity contribution in [1.29, 1.82) is 0 Å². The normalized spacial score (nSPS) is 10.5. The molecule has 2 aromatic rings. The smallest absolute Gasteiger partial charge is 0.196 e. The summed E-state index contributed by atoms with van der Waals surface area (Å²) in [6.07, 6.45) is 4.24. The largest absolute Gasteiger partial charge is 0.464 e. The summed E-state index contributed by atoms with van der Waals surface area (Å²) in [6.45, 7) is 6.02. The van der Waals surface area contributed by atoms with Gasteiger partial charge in [-0.2, -0.15) is 0 Å². The molecule has 1 aromatic heterocycles.